The number of carboxylic acid groups (broad SMARTS) is 1. The van der Waals surface area contributed by atoms with Gasteiger partial charge < -0.3 is 14.6 Å². The zero-order chi connectivity index (χ0) is 11.6. The lowest BCUT2D eigenvalue weighted by Gasteiger charge is -2.22. The summed E-state index contributed by atoms with van der Waals surface area (Å²) in [5.74, 6) is -0.702. The third-order valence-electron chi connectivity index (χ3n) is 2.73. The monoisotopic (exact) mass is 230 g/mol. The second kappa shape index (κ2) is 8.53. The molecule has 1 fully saturated rings. The van der Waals surface area contributed by atoms with E-state index in [1.807, 2.05) is 0 Å². The highest BCUT2D eigenvalue weighted by atomic mass is 16.7. The molecule has 0 radical (unpaired) electrons. The van der Waals surface area contributed by atoms with Crippen LogP contribution in [0.4, 0.5) is 0 Å². The standard InChI is InChI=1S/C12H22O4/c13-11(14)7-3-1-2-5-9-15-12-8-4-6-10-16-12/h12H,1-10H2,(H,13,14). The topological polar surface area (TPSA) is 55.8 Å². The van der Waals surface area contributed by atoms with Gasteiger partial charge in [-0.25, -0.2) is 0 Å². The lowest BCUT2D eigenvalue weighted by atomic mass is 10.1. The van der Waals surface area contributed by atoms with E-state index >= 15 is 0 Å². The molecule has 0 aromatic heterocycles. The van der Waals surface area contributed by atoms with E-state index in [4.69, 9.17) is 14.6 Å². The molecule has 1 N–H and O–H groups in total. The van der Waals surface area contributed by atoms with Crippen molar-refractivity contribution in [3.8, 4) is 0 Å². The molecule has 4 heteroatoms. The summed E-state index contributed by atoms with van der Waals surface area (Å²) in [5.41, 5.74) is 0. The number of carboxylic acids is 1. The number of hydrogen-bond donors (Lipinski definition) is 1. The van der Waals surface area contributed by atoms with Gasteiger partial charge in [0, 0.05) is 19.6 Å². The number of rotatable bonds is 8. The van der Waals surface area contributed by atoms with Gasteiger partial charge >= 0.3 is 5.97 Å². The minimum atomic E-state index is -0.702. The van der Waals surface area contributed by atoms with Gasteiger partial charge in [0.05, 0.1) is 0 Å². The maximum Gasteiger partial charge on any atom is 0.303 e. The normalized spacial score (nSPS) is 20.9. The average molecular weight is 230 g/mol. The Morgan fingerprint density at radius 1 is 1.25 bits per heavy atom. The summed E-state index contributed by atoms with van der Waals surface area (Å²) in [7, 11) is 0. The third kappa shape index (κ3) is 6.80. The molecular formula is C12H22O4. The Hall–Kier alpha value is -0.610. The maximum atomic E-state index is 10.3. The smallest absolute Gasteiger partial charge is 0.303 e. The van der Waals surface area contributed by atoms with E-state index < -0.39 is 5.97 Å². The summed E-state index contributed by atoms with van der Waals surface area (Å²) < 4.78 is 11.0. The molecule has 0 aliphatic carbocycles. The van der Waals surface area contributed by atoms with Gasteiger partial charge in [-0.15, -0.1) is 0 Å². The Morgan fingerprint density at radius 2 is 2.06 bits per heavy atom. The van der Waals surface area contributed by atoms with Crippen molar-refractivity contribution in [2.45, 2.75) is 57.7 Å². The number of carbonyl (C=O) groups is 1. The molecule has 0 aromatic carbocycles. The molecule has 1 aliphatic rings. The van der Waals surface area contributed by atoms with Crippen molar-refractivity contribution in [1.82, 2.24) is 0 Å². The molecule has 1 atom stereocenters. The highest BCUT2D eigenvalue weighted by molar-refractivity contribution is 5.66. The van der Waals surface area contributed by atoms with E-state index in [-0.39, 0.29) is 12.7 Å². The summed E-state index contributed by atoms with van der Waals surface area (Å²) in [4.78, 5) is 10.3. The van der Waals surface area contributed by atoms with Gasteiger partial charge in [-0.05, 0) is 32.1 Å². The Balaban J connectivity index is 1.82. The molecule has 0 saturated carbocycles. The molecule has 1 saturated heterocycles. The van der Waals surface area contributed by atoms with E-state index in [9.17, 15) is 4.79 Å². The highest BCUT2D eigenvalue weighted by Crippen LogP contribution is 2.14. The summed E-state index contributed by atoms with van der Waals surface area (Å²) in [6.07, 6.45) is 7.44. The summed E-state index contributed by atoms with van der Waals surface area (Å²) >= 11 is 0. The maximum absolute atomic E-state index is 10.3. The van der Waals surface area contributed by atoms with Gasteiger partial charge in [-0.2, -0.15) is 0 Å². The largest absolute Gasteiger partial charge is 0.481 e. The zero-order valence-corrected chi connectivity index (χ0v) is 9.82. The lowest BCUT2D eigenvalue weighted by Crippen LogP contribution is -2.22. The van der Waals surface area contributed by atoms with Gasteiger partial charge in [0.15, 0.2) is 6.29 Å². The van der Waals surface area contributed by atoms with E-state index in [0.29, 0.717) is 0 Å². The first-order valence-corrected chi connectivity index (χ1v) is 6.24. The van der Waals surface area contributed by atoms with Crippen LogP contribution in [-0.2, 0) is 14.3 Å². The first-order chi connectivity index (χ1) is 7.79. The van der Waals surface area contributed by atoms with E-state index in [1.54, 1.807) is 0 Å². The fourth-order valence-electron chi connectivity index (χ4n) is 1.79. The quantitative estimate of drug-likeness (QED) is 0.651. The second-order valence-electron chi connectivity index (χ2n) is 4.22. The van der Waals surface area contributed by atoms with Gasteiger partial charge in [-0.3, -0.25) is 4.79 Å². The van der Waals surface area contributed by atoms with Crippen LogP contribution in [0.2, 0.25) is 0 Å². The third-order valence-corrected chi connectivity index (χ3v) is 2.73. The van der Waals surface area contributed by atoms with Crippen LogP contribution in [0.1, 0.15) is 51.4 Å². The van der Waals surface area contributed by atoms with E-state index in [1.165, 1.54) is 6.42 Å². The minimum absolute atomic E-state index is 0.00719. The van der Waals surface area contributed by atoms with Crippen molar-refractivity contribution in [3.05, 3.63) is 0 Å². The summed E-state index contributed by atoms with van der Waals surface area (Å²) in [6.45, 7) is 1.56. The van der Waals surface area contributed by atoms with Crippen molar-refractivity contribution in [2.24, 2.45) is 0 Å². The van der Waals surface area contributed by atoms with Crippen LogP contribution >= 0.6 is 0 Å². The van der Waals surface area contributed by atoms with Crippen molar-refractivity contribution in [1.29, 1.82) is 0 Å². The molecule has 0 bridgehead atoms. The van der Waals surface area contributed by atoms with E-state index in [2.05, 4.69) is 0 Å². The van der Waals surface area contributed by atoms with Crippen molar-refractivity contribution in [2.75, 3.05) is 13.2 Å². The Labute approximate surface area is 96.9 Å². The van der Waals surface area contributed by atoms with Crippen LogP contribution in [0.25, 0.3) is 0 Å². The van der Waals surface area contributed by atoms with Crippen LogP contribution in [0, 0.1) is 0 Å². The molecule has 16 heavy (non-hydrogen) atoms. The molecule has 0 aromatic rings. The van der Waals surface area contributed by atoms with Gasteiger partial charge in [0.25, 0.3) is 0 Å². The first kappa shape index (κ1) is 13.5. The predicted octanol–water partition coefficient (Wildman–Crippen LogP) is 2.56. The molecule has 1 rings (SSSR count). The van der Waals surface area contributed by atoms with Gasteiger partial charge in [-0.1, -0.05) is 12.8 Å². The zero-order valence-electron chi connectivity index (χ0n) is 9.82. The fourth-order valence-corrected chi connectivity index (χ4v) is 1.79. The molecule has 0 spiro atoms. The minimum Gasteiger partial charge on any atom is -0.481 e. The number of ether oxygens (including phenoxy) is 2. The van der Waals surface area contributed by atoms with Crippen LogP contribution in [0.15, 0.2) is 0 Å². The van der Waals surface area contributed by atoms with Crippen molar-refractivity contribution in [3.63, 3.8) is 0 Å². The number of hydrogen-bond acceptors (Lipinski definition) is 3. The Bertz CT molecular complexity index is 187. The van der Waals surface area contributed by atoms with Crippen LogP contribution < -0.4 is 0 Å². The molecule has 4 nitrogen and oxygen atoms in total. The molecule has 94 valence electrons. The Morgan fingerprint density at radius 3 is 2.75 bits per heavy atom. The van der Waals surface area contributed by atoms with Crippen LogP contribution in [0.3, 0.4) is 0 Å². The summed E-state index contributed by atoms with van der Waals surface area (Å²) in [5, 5.41) is 8.45. The van der Waals surface area contributed by atoms with Crippen LogP contribution in [0.5, 0.6) is 0 Å². The highest BCUT2D eigenvalue weighted by Gasteiger charge is 2.13. The average Bonchev–Trinajstić information content (AvgIpc) is 2.29. The summed E-state index contributed by atoms with van der Waals surface area (Å²) in [6, 6.07) is 0. The SMILES string of the molecule is O=C(O)CCCCCCOC1CCCCO1. The predicted molar refractivity (Wildman–Crippen MR) is 60.3 cm³/mol. The second-order valence-corrected chi connectivity index (χ2v) is 4.22. The van der Waals surface area contributed by atoms with Crippen molar-refractivity contribution >= 4 is 5.97 Å². The van der Waals surface area contributed by atoms with Crippen LogP contribution in [-0.4, -0.2) is 30.6 Å². The fraction of sp³-hybridized carbons (Fsp3) is 0.917. The number of unbranched alkanes of at least 4 members (excludes halogenated alkanes) is 3. The van der Waals surface area contributed by atoms with Gasteiger partial charge in [0.1, 0.15) is 0 Å². The molecule has 1 heterocycles. The first-order valence-electron chi connectivity index (χ1n) is 6.24. The number of aliphatic carboxylic acids is 1. The van der Waals surface area contributed by atoms with Crippen molar-refractivity contribution < 1.29 is 19.4 Å². The molecule has 1 aliphatic heterocycles. The lowest BCUT2D eigenvalue weighted by molar-refractivity contribution is -0.162. The van der Waals surface area contributed by atoms with Gasteiger partial charge in [0.2, 0.25) is 0 Å². The molecule has 1 unspecified atom stereocenters. The molecule has 0 amide bonds. The molecular weight excluding hydrogens is 208 g/mol. The Kier molecular flexibility index (Phi) is 7.17. The van der Waals surface area contributed by atoms with E-state index in [0.717, 1.165) is 51.7 Å².